The van der Waals surface area contributed by atoms with Gasteiger partial charge in [0.05, 0.1) is 20.8 Å². The zero-order chi connectivity index (χ0) is 13.4. The van der Waals surface area contributed by atoms with E-state index in [1.165, 1.54) is 12.1 Å². The average Bonchev–Trinajstić information content (AvgIpc) is 2.31. The third kappa shape index (κ3) is 2.10. The van der Waals surface area contributed by atoms with Gasteiger partial charge in [-0.1, -0.05) is 34.8 Å². The normalized spacial score (nSPS) is 10.6. The SMILES string of the molecule is Nn1ncc(=O)n(-c2cc(Cl)c(Cl)c(Cl)c2)c1=O. The van der Waals surface area contributed by atoms with Crippen LogP contribution in [0.2, 0.25) is 15.1 Å². The molecule has 1 aromatic carbocycles. The van der Waals surface area contributed by atoms with E-state index in [9.17, 15) is 9.59 Å². The Morgan fingerprint density at radius 3 is 2.22 bits per heavy atom. The van der Waals surface area contributed by atoms with Crippen LogP contribution in [-0.2, 0) is 0 Å². The van der Waals surface area contributed by atoms with Crippen LogP contribution in [-0.4, -0.2) is 14.5 Å². The van der Waals surface area contributed by atoms with Crippen LogP contribution < -0.4 is 17.1 Å². The molecule has 0 aliphatic carbocycles. The molecule has 1 heterocycles. The molecule has 0 atom stereocenters. The summed E-state index contributed by atoms with van der Waals surface area (Å²) in [4.78, 5) is 23.9. The topological polar surface area (TPSA) is 82.9 Å². The van der Waals surface area contributed by atoms with Gasteiger partial charge in [-0.2, -0.15) is 5.10 Å². The Morgan fingerprint density at radius 1 is 1.11 bits per heavy atom. The number of aromatic nitrogens is 3. The minimum atomic E-state index is -0.822. The van der Waals surface area contributed by atoms with E-state index in [0.29, 0.717) is 4.79 Å². The summed E-state index contributed by atoms with van der Waals surface area (Å²) in [6.45, 7) is 0. The lowest BCUT2D eigenvalue weighted by molar-refractivity contribution is 0.669. The molecule has 0 aliphatic rings. The lowest BCUT2D eigenvalue weighted by Crippen LogP contribution is -2.43. The molecule has 0 amide bonds. The maximum atomic E-state index is 11.7. The average molecular weight is 308 g/mol. The molecule has 0 spiro atoms. The van der Waals surface area contributed by atoms with Gasteiger partial charge in [-0.25, -0.2) is 9.36 Å². The smallest absolute Gasteiger partial charge is 0.318 e. The number of nitrogen functional groups attached to an aromatic ring is 1. The molecule has 2 N–H and O–H groups in total. The molecule has 0 fully saturated rings. The number of rotatable bonds is 1. The van der Waals surface area contributed by atoms with Crippen molar-refractivity contribution >= 4 is 34.8 Å². The molecule has 0 bridgehead atoms. The molecular formula is C9H5Cl3N4O2. The molecular weight excluding hydrogens is 302 g/mol. The van der Waals surface area contributed by atoms with Gasteiger partial charge in [0, 0.05) is 0 Å². The molecule has 94 valence electrons. The molecule has 0 saturated heterocycles. The highest BCUT2D eigenvalue weighted by Crippen LogP contribution is 2.31. The van der Waals surface area contributed by atoms with Gasteiger partial charge in [0.25, 0.3) is 5.56 Å². The summed E-state index contributed by atoms with van der Waals surface area (Å²) >= 11 is 17.4. The molecule has 6 nitrogen and oxygen atoms in total. The van der Waals surface area contributed by atoms with Crippen LogP contribution in [0.3, 0.4) is 0 Å². The highest BCUT2D eigenvalue weighted by atomic mass is 35.5. The van der Waals surface area contributed by atoms with Gasteiger partial charge in [-0.15, -0.1) is 4.79 Å². The van der Waals surface area contributed by atoms with E-state index < -0.39 is 11.2 Å². The second kappa shape index (κ2) is 4.64. The Balaban J connectivity index is 2.82. The van der Waals surface area contributed by atoms with Gasteiger partial charge >= 0.3 is 5.69 Å². The molecule has 0 aliphatic heterocycles. The summed E-state index contributed by atoms with van der Waals surface area (Å²) in [5, 5.41) is 3.75. The number of hydrogen-bond donors (Lipinski definition) is 1. The van der Waals surface area contributed by atoms with Crippen molar-refractivity contribution in [3.8, 4) is 5.69 Å². The highest BCUT2D eigenvalue weighted by Gasteiger charge is 2.11. The van der Waals surface area contributed by atoms with Crippen LogP contribution in [0.25, 0.3) is 5.69 Å². The van der Waals surface area contributed by atoms with Crippen LogP contribution in [0.15, 0.2) is 27.9 Å². The maximum absolute atomic E-state index is 11.7. The van der Waals surface area contributed by atoms with Gasteiger partial charge in [0.15, 0.2) is 0 Å². The van der Waals surface area contributed by atoms with Crippen LogP contribution in [0.4, 0.5) is 0 Å². The van der Waals surface area contributed by atoms with Gasteiger partial charge in [-0.3, -0.25) is 4.79 Å². The Morgan fingerprint density at radius 2 is 1.67 bits per heavy atom. The first-order valence-electron chi connectivity index (χ1n) is 4.53. The summed E-state index contributed by atoms with van der Waals surface area (Å²) in [5.41, 5.74) is -1.32. The lowest BCUT2D eigenvalue weighted by Gasteiger charge is -2.07. The van der Waals surface area contributed by atoms with Gasteiger partial charge in [0.1, 0.15) is 6.20 Å². The first-order chi connectivity index (χ1) is 8.41. The first kappa shape index (κ1) is 12.9. The maximum Gasteiger partial charge on any atom is 0.371 e. The molecule has 18 heavy (non-hydrogen) atoms. The number of halogens is 3. The summed E-state index contributed by atoms with van der Waals surface area (Å²) in [6, 6.07) is 2.66. The second-order valence-electron chi connectivity index (χ2n) is 3.27. The van der Waals surface area contributed by atoms with Crippen molar-refractivity contribution in [2.45, 2.75) is 0 Å². The predicted molar refractivity (Wildman–Crippen MR) is 69.3 cm³/mol. The van der Waals surface area contributed by atoms with Gasteiger partial charge in [0.2, 0.25) is 0 Å². The van der Waals surface area contributed by atoms with E-state index in [0.717, 1.165) is 10.8 Å². The summed E-state index contributed by atoms with van der Waals surface area (Å²) in [6.07, 6.45) is 0.901. The minimum Gasteiger partial charge on any atom is -0.318 e. The fourth-order valence-electron chi connectivity index (χ4n) is 1.32. The van der Waals surface area contributed by atoms with Crippen molar-refractivity contribution in [3.05, 3.63) is 54.2 Å². The molecule has 2 rings (SSSR count). The summed E-state index contributed by atoms with van der Waals surface area (Å²) in [7, 11) is 0. The first-order valence-corrected chi connectivity index (χ1v) is 5.66. The number of hydrogen-bond acceptors (Lipinski definition) is 4. The zero-order valence-corrected chi connectivity index (χ0v) is 10.9. The minimum absolute atomic E-state index is 0.117. The van der Waals surface area contributed by atoms with E-state index in [1.54, 1.807) is 0 Å². The van der Waals surface area contributed by atoms with E-state index in [1.807, 2.05) is 0 Å². The van der Waals surface area contributed by atoms with Crippen molar-refractivity contribution < 1.29 is 0 Å². The van der Waals surface area contributed by atoms with E-state index in [2.05, 4.69) is 5.10 Å². The zero-order valence-electron chi connectivity index (χ0n) is 8.60. The quantitative estimate of drug-likeness (QED) is 0.631. The predicted octanol–water partition coefficient (Wildman–Crippen LogP) is 1.07. The Hall–Kier alpha value is -1.50. The van der Waals surface area contributed by atoms with Crippen molar-refractivity contribution in [2.75, 3.05) is 5.84 Å². The van der Waals surface area contributed by atoms with E-state index in [-0.39, 0.29) is 20.8 Å². The molecule has 2 aromatic rings. The number of nitrogens with two attached hydrogens (primary N) is 1. The van der Waals surface area contributed by atoms with Crippen LogP contribution >= 0.6 is 34.8 Å². The van der Waals surface area contributed by atoms with Crippen molar-refractivity contribution in [2.24, 2.45) is 0 Å². The fraction of sp³-hybridized carbons (Fsp3) is 0. The standard InChI is InChI=1S/C9H5Cl3N4O2/c10-5-1-4(2-6(11)8(5)12)15-7(17)3-14-16(13)9(15)18/h1-3H,13H2. The van der Waals surface area contributed by atoms with Crippen LogP contribution in [0.1, 0.15) is 0 Å². The molecule has 0 unspecified atom stereocenters. The third-order valence-corrected chi connectivity index (χ3v) is 3.32. The van der Waals surface area contributed by atoms with Crippen molar-refractivity contribution in [1.82, 2.24) is 14.5 Å². The largest absolute Gasteiger partial charge is 0.371 e. The van der Waals surface area contributed by atoms with Crippen molar-refractivity contribution in [1.29, 1.82) is 0 Å². The Kier molecular flexibility index (Phi) is 3.34. The third-order valence-electron chi connectivity index (χ3n) is 2.13. The number of nitrogens with zero attached hydrogens (tertiary/aromatic N) is 3. The second-order valence-corrected chi connectivity index (χ2v) is 4.46. The summed E-state index contributed by atoms with van der Waals surface area (Å²) < 4.78 is 0.779. The van der Waals surface area contributed by atoms with Crippen molar-refractivity contribution in [3.63, 3.8) is 0 Å². The van der Waals surface area contributed by atoms with Gasteiger partial charge in [-0.05, 0) is 12.1 Å². The fourth-order valence-corrected chi connectivity index (χ4v) is 1.91. The van der Waals surface area contributed by atoms with E-state index in [4.69, 9.17) is 40.6 Å². The molecule has 1 aromatic heterocycles. The molecule has 0 radical (unpaired) electrons. The molecule has 0 saturated carbocycles. The number of benzene rings is 1. The van der Waals surface area contributed by atoms with Crippen LogP contribution in [0.5, 0.6) is 0 Å². The Labute approximate surface area is 115 Å². The van der Waals surface area contributed by atoms with E-state index >= 15 is 0 Å². The lowest BCUT2D eigenvalue weighted by atomic mass is 10.3. The Bertz CT molecular complexity index is 714. The molecule has 9 heteroatoms. The summed E-state index contributed by atoms with van der Waals surface area (Å²) in [5.74, 6) is 5.27. The van der Waals surface area contributed by atoms with Gasteiger partial charge < -0.3 is 5.84 Å². The highest BCUT2D eigenvalue weighted by molar-refractivity contribution is 6.48. The van der Waals surface area contributed by atoms with Crippen LogP contribution in [0, 0.1) is 0 Å². The monoisotopic (exact) mass is 306 g/mol.